The fraction of sp³-hybridized carbons (Fsp3) is 0.263. The van der Waals surface area contributed by atoms with E-state index in [2.05, 4.69) is 27.4 Å². The van der Waals surface area contributed by atoms with E-state index in [1.807, 2.05) is 16.7 Å². The molecule has 0 aliphatic carbocycles. The van der Waals surface area contributed by atoms with E-state index in [-0.39, 0.29) is 17.3 Å². The molecule has 29 heavy (non-hydrogen) atoms. The van der Waals surface area contributed by atoms with Crippen molar-refractivity contribution in [1.29, 1.82) is 0 Å². The number of pyridine rings is 1. The number of benzene rings is 1. The molecule has 9 nitrogen and oxygen atoms in total. The van der Waals surface area contributed by atoms with Crippen molar-refractivity contribution < 1.29 is 9.72 Å². The van der Waals surface area contributed by atoms with Gasteiger partial charge in [-0.3, -0.25) is 19.9 Å². The van der Waals surface area contributed by atoms with Gasteiger partial charge >= 0.3 is 0 Å². The lowest BCUT2D eigenvalue weighted by Gasteiger charge is -2.10. The maximum absolute atomic E-state index is 12.4. The Hall–Kier alpha value is -3.27. The predicted octanol–water partition coefficient (Wildman–Crippen LogP) is 3.70. The van der Waals surface area contributed by atoms with Crippen molar-refractivity contribution in [3.63, 3.8) is 0 Å². The molecule has 1 amide bonds. The van der Waals surface area contributed by atoms with E-state index in [9.17, 15) is 14.9 Å². The summed E-state index contributed by atoms with van der Waals surface area (Å²) in [5.41, 5.74) is 2.09. The standard InChI is InChI=1S/C19H20N6O3S/c1-3-10-24-18(14-6-8-20-9-7-14)22-23-19(24)29-12-17(26)21-16-5-4-15(25(27)28)11-13(16)2/h4-9,11H,3,10,12H2,1-2H3,(H,21,26). The second-order valence-corrected chi connectivity index (χ2v) is 7.23. The van der Waals surface area contributed by atoms with Crippen LogP contribution >= 0.6 is 11.8 Å². The van der Waals surface area contributed by atoms with E-state index in [4.69, 9.17) is 0 Å². The molecule has 0 unspecified atom stereocenters. The number of carbonyl (C=O) groups is 1. The molecule has 2 aromatic heterocycles. The van der Waals surface area contributed by atoms with Crippen LogP contribution in [0.5, 0.6) is 0 Å². The van der Waals surface area contributed by atoms with Gasteiger partial charge in [-0.05, 0) is 37.1 Å². The third kappa shape index (κ3) is 4.96. The number of amides is 1. The Bertz CT molecular complexity index is 1020. The number of nitrogens with zero attached hydrogens (tertiary/aromatic N) is 5. The minimum Gasteiger partial charge on any atom is -0.325 e. The second-order valence-electron chi connectivity index (χ2n) is 6.29. The third-order valence-corrected chi connectivity index (χ3v) is 5.10. The average Bonchev–Trinajstić information content (AvgIpc) is 3.11. The lowest BCUT2D eigenvalue weighted by molar-refractivity contribution is -0.384. The van der Waals surface area contributed by atoms with Crippen molar-refractivity contribution in [3.05, 3.63) is 58.4 Å². The molecule has 0 spiro atoms. The summed E-state index contributed by atoms with van der Waals surface area (Å²) in [6, 6.07) is 8.08. The van der Waals surface area contributed by atoms with Crippen molar-refractivity contribution in [2.75, 3.05) is 11.1 Å². The topological polar surface area (TPSA) is 116 Å². The molecule has 0 aliphatic rings. The number of aryl methyl sites for hydroxylation is 1. The fourth-order valence-corrected chi connectivity index (χ4v) is 3.52. The lowest BCUT2D eigenvalue weighted by atomic mass is 10.2. The summed E-state index contributed by atoms with van der Waals surface area (Å²) in [7, 11) is 0. The van der Waals surface area contributed by atoms with Gasteiger partial charge < -0.3 is 9.88 Å². The second kappa shape index (κ2) is 9.28. The summed E-state index contributed by atoms with van der Waals surface area (Å²) >= 11 is 1.30. The lowest BCUT2D eigenvalue weighted by Crippen LogP contribution is -2.15. The molecule has 0 fully saturated rings. The van der Waals surface area contributed by atoms with Crippen LogP contribution in [-0.4, -0.2) is 36.3 Å². The molecular formula is C19H20N6O3S. The predicted molar refractivity (Wildman–Crippen MR) is 111 cm³/mol. The van der Waals surface area contributed by atoms with Gasteiger partial charge in [-0.2, -0.15) is 0 Å². The molecule has 0 aliphatic heterocycles. The maximum atomic E-state index is 12.4. The third-order valence-electron chi connectivity index (χ3n) is 4.13. The highest BCUT2D eigenvalue weighted by molar-refractivity contribution is 7.99. The number of nitro benzene ring substituents is 1. The molecule has 3 rings (SSSR count). The first-order chi connectivity index (χ1) is 14.0. The molecule has 0 saturated heterocycles. The highest BCUT2D eigenvalue weighted by atomic mass is 32.2. The summed E-state index contributed by atoms with van der Waals surface area (Å²) in [5.74, 6) is 0.668. The molecule has 0 atom stereocenters. The largest absolute Gasteiger partial charge is 0.325 e. The van der Waals surface area contributed by atoms with Gasteiger partial charge in [0.1, 0.15) is 0 Å². The van der Waals surface area contributed by atoms with Crippen LogP contribution in [0.15, 0.2) is 47.9 Å². The summed E-state index contributed by atoms with van der Waals surface area (Å²) in [5, 5.41) is 22.8. The monoisotopic (exact) mass is 412 g/mol. The van der Waals surface area contributed by atoms with Crippen LogP contribution in [0.1, 0.15) is 18.9 Å². The highest BCUT2D eigenvalue weighted by Crippen LogP contribution is 2.25. The number of hydrogen-bond donors (Lipinski definition) is 1. The number of nitrogens with one attached hydrogen (secondary N) is 1. The van der Waals surface area contributed by atoms with Crippen LogP contribution in [-0.2, 0) is 11.3 Å². The number of rotatable bonds is 8. The molecule has 2 heterocycles. The molecule has 10 heteroatoms. The minimum atomic E-state index is -0.463. The summed E-state index contributed by atoms with van der Waals surface area (Å²) in [6.07, 6.45) is 4.30. The van der Waals surface area contributed by atoms with Gasteiger partial charge in [-0.1, -0.05) is 18.7 Å². The van der Waals surface area contributed by atoms with E-state index >= 15 is 0 Å². The van der Waals surface area contributed by atoms with Crippen molar-refractivity contribution in [2.24, 2.45) is 0 Å². The molecule has 1 N–H and O–H groups in total. The van der Waals surface area contributed by atoms with Crippen molar-refractivity contribution in [2.45, 2.75) is 32.0 Å². The van der Waals surface area contributed by atoms with Crippen LogP contribution < -0.4 is 5.32 Å². The summed E-state index contributed by atoms with van der Waals surface area (Å²) in [4.78, 5) is 26.8. The van der Waals surface area contributed by atoms with Gasteiger partial charge in [0.25, 0.3) is 5.69 Å². The zero-order valence-electron chi connectivity index (χ0n) is 16.0. The van der Waals surface area contributed by atoms with Crippen molar-refractivity contribution in [3.8, 4) is 11.4 Å². The molecule has 1 aromatic carbocycles. The van der Waals surface area contributed by atoms with Gasteiger partial charge in [-0.15, -0.1) is 10.2 Å². The molecule has 3 aromatic rings. The number of anilines is 1. The van der Waals surface area contributed by atoms with Gasteiger partial charge in [0.2, 0.25) is 5.91 Å². The van der Waals surface area contributed by atoms with Crippen LogP contribution in [0.2, 0.25) is 0 Å². The zero-order chi connectivity index (χ0) is 20.8. The van der Waals surface area contributed by atoms with E-state index < -0.39 is 4.92 Å². The Morgan fingerprint density at radius 2 is 2.00 bits per heavy atom. The Morgan fingerprint density at radius 1 is 1.24 bits per heavy atom. The Kier molecular flexibility index (Phi) is 6.55. The van der Waals surface area contributed by atoms with Gasteiger partial charge in [0.15, 0.2) is 11.0 Å². The number of non-ortho nitro benzene ring substituents is 1. The van der Waals surface area contributed by atoms with E-state index in [1.54, 1.807) is 19.3 Å². The van der Waals surface area contributed by atoms with Crippen LogP contribution in [0, 0.1) is 17.0 Å². The minimum absolute atomic E-state index is 0.00816. The number of thioether (sulfide) groups is 1. The van der Waals surface area contributed by atoms with E-state index in [0.29, 0.717) is 16.4 Å². The number of aromatic nitrogens is 4. The summed E-state index contributed by atoms with van der Waals surface area (Å²) < 4.78 is 1.99. The maximum Gasteiger partial charge on any atom is 0.269 e. The van der Waals surface area contributed by atoms with Crippen molar-refractivity contribution >= 4 is 29.0 Å². The van der Waals surface area contributed by atoms with Gasteiger partial charge in [-0.25, -0.2) is 0 Å². The van der Waals surface area contributed by atoms with Crippen LogP contribution in [0.4, 0.5) is 11.4 Å². The number of hydrogen-bond acceptors (Lipinski definition) is 7. The normalized spacial score (nSPS) is 10.7. The Labute approximate surface area is 171 Å². The molecule has 0 radical (unpaired) electrons. The first-order valence-corrected chi connectivity index (χ1v) is 9.99. The smallest absolute Gasteiger partial charge is 0.269 e. The first kappa shape index (κ1) is 20.5. The quantitative estimate of drug-likeness (QED) is 0.341. The van der Waals surface area contributed by atoms with Crippen LogP contribution in [0.3, 0.4) is 0 Å². The SMILES string of the molecule is CCCn1c(SCC(=O)Nc2ccc([N+](=O)[O-])cc2C)nnc1-c1ccncc1. The van der Waals surface area contributed by atoms with Gasteiger partial charge in [0.05, 0.1) is 10.7 Å². The number of nitro groups is 1. The molecule has 0 saturated carbocycles. The fourth-order valence-electron chi connectivity index (χ4n) is 2.75. The zero-order valence-corrected chi connectivity index (χ0v) is 16.8. The van der Waals surface area contributed by atoms with E-state index in [1.165, 1.54) is 30.0 Å². The summed E-state index contributed by atoms with van der Waals surface area (Å²) in [6.45, 7) is 4.51. The Balaban J connectivity index is 1.69. The van der Waals surface area contributed by atoms with E-state index in [0.717, 1.165) is 24.4 Å². The van der Waals surface area contributed by atoms with Crippen LogP contribution in [0.25, 0.3) is 11.4 Å². The Morgan fingerprint density at radius 3 is 2.66 bits per heavy atom. The molecular weight excluding hydrogens is 392 g/mol. The number of carbonyl (C=O) groups excluding carboxylic acids is 1. The first-order valence-electron chi connectivity index (χ1n) is 9.01. The van der Waals surface area contributed by atoms with Gasteiger partial charge in [0, 0.05) is 42.3 Å². The molecule has 150 valence electrons. The molecule has 0 bridgehead atoms. The average molecular weight is 412 g/mol. The van der Waals surface area contributed by atoms with Crippen molar-refractivity contribution in [1.82, 2.24) is 19.7 Å². The highest BCUT2D eigenvalue weighted by Gasteiger charge is 2.16.